The van der Waals surface area contributed by atoms with E-state index in [1.54, 1.807) is 16.0 Å². The molecule has 4 heterocycles. The Hall–Kier alpha value is -3.14. The van der Waals surface area contributed by atoms with E-state index >= 15 is 0 Å². The molecule has 4 amide bonds. The molecule has 10 nitrogen and oxygen atoms in total. The van der Waals surface area contributed by atoms with Gasteiger partial charge in [0, 0.05) is 51.9 Å². The highest BCUT2D eigenvalue weighted by molar-refractivity contribution is 6.05. The SMILES string of the molecule is CC(C)(C)OC(=O)N1CCN(CCc2cccn3c(N4CCC(=O)NC4=O)cnc23)CC1. The molecule has 0 bridgehead atoms. The Balaban J connectivity index is 1.37. The van der Waals surface area contributed by atoms with E-state index in [2.05, 4.69) is 15.2 Å². The Morgan fingerprint density at radius 2 is 1.91 bits per heavy atom. The number of anilines is 1. The third-order valence-electron chi connectivity index (χ3n) is 5.65. The van der Waals surface area contributed by atoms with E-state index in [9.17, 15) is 14.4 Å². The summed E-state index contributed by atoms with van der Waals surface area (Å²) in [5, 5.41) is 2.35. The van der Waals surface area contributed by atoms with Crippen LogP contribution in [-0.2, 0) is 16.0 Å². The monoisotopic (exact) mass is 442 g/mol. The van der Waals surface area contributed by atoms with Crippen molar-refractivity contribution in [2.75, 3.05) is 44.2 Å². The van der Waals surface area contributed by atoms with Crippen LogP contribution in [0.2, 0.25) is 0 Å². The zero-order chi connectivity index (χ0) is 22.9. The number of imidazole rings is 1. The number of pyridine rings is 1. The lowest BCUT2D eigenvalue weighted by Crippen LogP contribution is -2.50. The predicted molar refractivity (Wildman–Crippen MR) is 119 cm³/mol. The molecule has 0 spiro atoms. The van der Waals surface area contributed by atoms with Crippen molar-refractivity contribution in [3.05, 3.63) is 30.1 Å². The van der Waals surface area contributed by atoms with Crippen LogP contribution in [0.25, 0.3) is 5.65 Å². The van der Waals surface area contributed by atoms with Crippen molar-refractivity contribution in [3.8, 4) is 0 Å². The molecule has 0 atom stereocenters. The fraction of sp³-hybridized carbons (Fsp3) is 0.545. The second-order valence-electron chi connectivity index (χ2n) is 9.16. The molecule has 0 aliphatic carbocycles. The molecule has 0 saturated carbocycles. The number of rotatable bonds is 4. The molecular formula is C22H30N6O4. The van der Waals surface area contributed by atoms with Gasteiger partial charge in [-0.15, -0.1) is 0 Å². The average Bonchev–Trinajstić information content (AvgIpc) is 3.16. The summed E-state index contributed by atoms with van der Waals surface area (Å²) in [6.45, 7) is 9.70. The predicted octanol–water partition coefficient (Wildman–Crippen LogP) is 1.88. The molecular weight excluding hydrogens is 412 g/mol. The Labute approximate surface area is 187 Å². The van der Waals surface area contributed by atoms with E-state index in [0.29, 0.717) is 25.5 Å². The zero-order valence-corrected chi connectivity index (χ0v) is 18.8. The highest BCUT2D eigenvalue weighted by atomic mass is 16.6. The van der Waals surface area contributed by atoms with E-state index in [1.165, 1.54) is 0 Å². The molecule has 10 heteroatoms. The molecule has 2 saturated heterocycles. The molecule has 0 radical (unpaired) electrons. The van der Waals surface area contributed by atoms with Crippen molar-refractivity contribution in [2.24, 2.45) is 0 Å². The minimum atomic E-state index is -0.486. The summed E-state index contributed by atoms with van der Waals surface area (Å²) >= 11 is 0. The van der Waals surface area contributed by atoms with Gasteiger partial charge in [-0.1, -0.05) is 6.07 Å². The lowest BCUT2D eigenvalue weighted by Gasteiger charge is -2.35. The van der Waals surface area contributed by atoms with Gasteiger partial charge >= 0.3 is 12.1 Å². The fourth-order valence-corrected chi connectivity index (χ4v) is 3.99. The molecule has 0 unspecified atom stereocenters. The minimum absolute atomic E-state index is 0.254. The molecule has 1 N–H and O–H groups in total. The van der Waals surface area contributed by atoms with Gasteiger partial charge in [0.15, 0.2) is 0 Å². The number of carbonyl (C=O) groups is 3. The second kappa shape index (κ2) is 8.78. The lowest BCUT2D eigenvalue weighted by atomic mass is 10.1. The number of hydrogen-bond donors (Lipinski definition) is 1. The largest absolute Gasteiger partial charge is 0.444 e. The maximum absolute atomic E-state index is 12.2. The van der Waals surface area contributed by atoms with Gasteiger partial charge in [-0.05, 0) is 38.8 Å². The molecule has 32 heavy (non-hydrogen) atoms. The number of nitrogens with one attached hydrogen (secondary N) is 1. The number of aromatic nitrogens is 2. The highest BCUT2D eigenvalue weighted by Gasteiger charge is 2.28. The summed E-state index contributed by atoms with van der Waals surface area (Å²) in [6.07, 6.45) is 4.37. The summed E-state index contributed by atoms with van der Waals surface area (Å²) in [5.74, 6) is 0.394. The molecule has 2 aliphatic heterocycles. The van der Waals surface area contributed by atoms with Gasteiger partial charge in [0.1, 0.15) is 17.1 Å². The Bertz CT molecular complexity index is 1020. The summed E-state index contributed by atoms with van der Waals surface area (Å²) in [7, 11) is 0. The number of nitrogens with zero attached hydrogens (tertiary/aromatic N) is 5. The standard InChI is InChI=1S/C22H30N6O4/c1-22(2,3)32-21(31)26-13-11-25(12-14-26)9-6-16-5-4-8-27-18(15-23-19(16)27)28-10-7-17(29)24-20(28)30/h4-5,8,15H,6-7,9-14H2,1-3H3,(H,24,29,30). The van der Waals surface area contributed by atoms with Crippen LogP contribution in [0.15, 0.2) is 24.5 Å². The smallest absolute Gasteiger partial charge is 0.410 e. The first-order valence-electron chi connectivity index (χ1n) is 11.0. The maximum atomic E-state index is 12.2. The van der Waals surface area contributed by atoms with Gasteiger partial charge in [-0.25, -0.2) is 14.6 Å². The highest BCUT2D eigenvalue weighted by Crippen LogP contribution is 2.22. The van der Waals surface area contributed by atoms with Crippen LogP contribution < -0.4 is 10.2 Å². The zero-order valence-electron chi connectivity index (χ0n) is 18.8. The van der Waals surface area contributed by atoms with Crippen molar-refractivity contribution in [2.45, 2.75) is 39.2 Å². The van der Waals surface area contributed by atoms with Gasteiger partial charge in [0.05, 0.1) is 6.20 Å². The van der Waals surface area contributed by atoms with E-state index in [0.717, 1.165) is 37.3 Å². The first kappa shape index (κ1) is 22.1. The summed E-state index contributed by atoms with van der Waals surface area (Å²) in [4.78, 5) is 46.1. The first-order chi connectivity index (χ1) is 15.2. The minimum Gasteiger partial charge on any atom is -0.444 e. The Morgan fingerprint density at radius 3 is 2.59 bits per heavy atom. The van der Waals surface area contributed by atoms with Crippen molar-refractivity contribution in [3.63, 3.8) is 0 Å². The number of carbonyl (C=O) groups excluding carboxylic acids is 3. The molecule has 4 rings (SSSR count). The lowest BCUT2D eigenvalue weighted by molar-refractivity contribution is -0.120. The summed E-state index contributed by atoms with van der Waals surface area (Å²) < 4.78 is 7.36. The van der Waals surface area contributed by atoms with Crippen LogP contribution in [-0.4, -0.2) is 82.1 Å². The number of piperazine rings is 1. The van der Waals surface area contributed by atoms with Crippen LogP contribution in [0, 0.1) is 0 Å². The van der Waals surface area contributed by atoms with Crippen molar-refractivity contribution in [1.82, 2.24) is 24.5 Å². The van der Waals surface area contributed by atoms with E-state index < -0.39 is 11.6 Å². The van der Waals surface area contributed by atoms with Gasteiger partial charge in [0.2, 0.25) is 5.91 Å². The van der Waals surface area contributed by atoms with Gasteiger partial charge in [-0.3, -0.25) is 24.3 Å². The van der Waals surface area contributed by atoms with Gasteiger partial charge < -0.3 is 9.64 Å². The van der Waals surface area contributed by atoms with Crippen LogP contribution in [0.3, 0.4) is 0 Å². The van der Waals surface area contributed by atoms with Crippen molar-refractivity contribution < 1.29 is 19.1 Å². The van der Waals surface area contributed by atoms with Crippen LogP contribution in [0.1, 0.15) is 32.8 Å². The van der Waals surface area contributed by atoms with E-state index in [-0.39, 0.29) is 18.4 Å². The van der Waals surface area contributed by atoms with Crippen molar-refractivity contribution in [1.29, 1.82) is 0 Å². The molecule has 2 fully saturated rings. The average molecular weight is 443 g/mol. The van der Waals surface area contributed by atoms with Crippen molar-refractivity contribution >= 4 is 29.5 Å². The summed E-state index contributed by atoms with van der Waals surface area (Å²) in [6, 6.07) is 3.57. The Morgan fingerprint density at radius 1 is 1.16 bits per heavy atom. The molecule has 2 aromatic heterocycles. The van der Waals surface area contributed by atoms with Gasteiger partial charge in [-0.2, -0.15) is 0 Å². The molecule has 2 aromatic rings. The molecule has 172 valence electrons. The number of imide groups is 1. The molecule has 2 aliphatic rings. The molecule has 0 aromatic carbocycles. The number of fused-ring (bicyclic) bond motifs is 1. The number of hydrogen-bond acceptors (Lipinski definition) is 6. The Kier molecular flexibility index (Phi) is 6.05. The fourth-order valence-electron chi connectivity index (χ4n) is 3.99. The third kappa shape index (κ3) is 4.85. The quantitative estimate of drug-likeness (QED) is 0.776. The number of ether oxygens (including phenoxy) is 1. The topological polar surface area (TPSA) is 99.5 Å². The van der Waals surface area contributed by atoms with Gasteiger partial charge in [0.25, 0.3) is 0 Å². The maximum Gasteiger partial charge on any atom is 0.410 e. The van der Waals surface area contributed by atoms with Crippen LogP contribution in [0.4, 0.5) is 15.4 Å². The normalized spacial score (nSPS) is 18.2. The third-order valence-corrected chi connectivity index (χ3v) is 5.65. The number of amides is 4. The van der Waals surface area contributed by atoms with Crippen LogP contribution in [0.5, 0.6) is 0 Å². The second-order valence-corrected chi connectivity index (χ2v) is 9.16. The first-order valence-corrected chi connectivity index (χ1v) is 11.0. The van der Waals surface area contributed by atoms with E-state index in [4.69, 9.17) is 4.74 Å². The summed E-state index contributed by atoms with van der Waals surface area (Å²) in [5.41, 5.74) is 1.40. The van der Waals surface area contributed by atoms with Crippen LogP contribution >= 0.6 is 0 Å². The number of urea groups is 1. The van der Waals surface area contributed by atoms with E-state index in [1.807, 2.05) is 43.5 Å².